The standard InChI is InChI=1S/C14H18N2O5/c1-10-9-11(16(18)19)3-4-13(10)21-12-5-7-15(8-6-12)14(17)20-2/h3-4,9,12H,5-8H2,1-2H3. The van der Waals surface area contributed by atoms with E-state index in [1.54, 1.807) is 17.9 Å². The highest BCUT2D eigenvalue weighted by Crippen LogP contribution is 2.26. The van der Waals surface area contributed by atoms with E-state index in [2.05, 4.69) is 4.74 Å². The van der Waals surface area contributed by atoms with Crippen LogP contribution in [0.5, 0.6) is 5.75 Å². The second-order valence-electron chi connectivity index (χ2n) is 4.98. The third kappa shape index (κ3) is 3.62. The number of nitro benzene ring substituents is 1. The molecule has 1 aliphatic heterocycles. The fraction of sp³-hybridized carbons (Fsp3) is 0.500. The molecule has 0 aliphatic carbocycles. The molecule has 1 aromatic rings. The van der Waals surface area contributed by atoms with Gasteiger partial charge in [0.1, 0.15) is 11.9 Å². The molecule has 1 amide bonds. The number of amides is 1. The van der Waals surface area contributed by atoms with Crippen molar-refractivity contribution in [2.45, 2.75) is 25.9 Å². The van der Waals surface area contributed by atoms with E-state index in [0.717, 1.165) is 5.56 Å². The number of hydrogen-bond acceptors (Lipinski definition) is 5. The molecular formula is C14H18N2O5. The maximum absolute atomic E-state index is 11.4. The summed E-state index contributed by atoms with van der Waals surface area (Å²) >= 11 is 0. The van der Waals surface area contributed by atoms with Gasteiger partial charge >= 0.3 is 6.09 Å². The lowest BCUT2D eigenvalue weighted by Gasteiger charge is -2.31. The van der Waals surface area contributed by atoms with E-state index in [9.17, 15) is 14.9 Å². The fourth-order valence-electron chi connectivity index (χ4n) is 2.34. The van der Waals surface area contributed by atoms with Gasteiger partial charge in [-0.2, -0.15) is 0 Å². The number of hydrogen-bond donors (Lipinski definition) is 0. The van der Waals surface area contributed by atoms with E-state index in [0.29, 0.717) is 31.7 Å². The molecule has 0 bridgehead atoms. The van der Waals surface area contributed by atoms with Gasteiger partial charge in [-0.1, -0.05) is 0 Å². The number of aryl methyl sites for hydroxylation is 1. The minimum Gasteiger partial charge on any atom is -0.490 e. The minimum absolute atomic E-state index is 0.00561. The van der Waals surface area contributed by atoms with E-state index >= 15 is 0 Å². The van der Waals surface area contributed by atoms with Crippen LogP contribution in [0.4, 0.5) is 10.5 Å². The topological polar surface area (TPSA) is 81.9 Å². The zero-order chi connectivity index (χ0) is 15.4. The van der Waals surface area contributed by atoms with Crippen molar-refractivity contribution in [3.8, 4) is 5.75 Å². The number of piperidine rings is 1. The Bertz CT molecular complexity index is 538. The van der Waals surface area contributed by atoms with Gasteiger partial charge in [0.25, 0.3) is 5.69 Å². The van der Waals surface area contributed by atoms with Gasteiger partial charge in [-0.05, 0) is 18.6 Å². The third-order valence-electron chi connectivity index (χ3n) is 3.54. The first kappa shape index (κ1) is 15.1. The summed E-state index contributed by atoms with van der Waals surface area (Å²) in [7, 11) is 1.37. The predicted molar refractivity (Wildman–Crippen MR) is 75.5 cm³/mol. The quantitative estimate of drug-likeness (QED) is 0.632. The van der Waals surface area contributed by atoms with Gasteiger partial charge in [0.15, 0.2) is 0 Å². The number of carbonyl (C=O) groups is 1. The van der Waals surface area contributed by atoms with E-state index in [-0.39, 0.29) is 17.9 Å². The smallest absolute Gasteiger partial charge is 0.409 e. The van der Waals surface area contributed by atoms with Gasteiger partial charge < -0.3 is 14.4 Å². The molecule has 0 N–H and O–H groups in total. The lowest BCUT2D eigenvalue weighted by molar-refractivity contribution is -0.384. The molecule has 1 aliphatic rings. The molecule has 2 rings (SSSR count). The van der Waals surface area contributed by atoms with E-state index in [4.69, 9.17) is 4.74 Å². The number of non-ortho nitro benzene ring substituents is 1. The summed E-state index contributed by atoms with van der Waals surface area (Å²) in [4.78, 5) is 23.3. The molecule has 0 radical (unpaired) electrons. The van der Waals surface area contributed by atoms with Crippen molar-refractivity contribution in [2.24, 2.45) is 0 Å². The van der Waals surface area contributed by atoms with Crippen LogP contribution in [0.1, 0.15) is 18.4 Å². The average molecular weight is 294 g/mol. The Labute approximate surface area is 122 Å². The molecule has 114 valence electrons. The molecule has 7 nitrogen and oxygen atoms in total. The Balaban J connectivity index is 1.95. The first-order valence-corrected chi connectivity index (χ1v) is 6.76. The maximum atomic E-state index is 11.4. The van der Waals surface area contributed by atoms with Crippen molar-refractivity contribution in [3.63, 3.8) is 0 Å². The molecule has 1 saturated heterocycles. The molecule has 7 heteroatoms. The first-order valence-electron chi connectivity index (χ1n) is 6.76. The van der Waals surface area contributed by atoms with Gasteiger partial charge in [-0.25, -0.2) is 4.79 Å². The van der Waals surface area contributed by atoms with Crippen molar-refractivity contribution < 1.29 is 19.2 Å². The van der Waals surface area contributed by atoms with Crippen molar-refractivity contribution in [1.29, 1.82) is 0 Å². The lowest BCUT2D eigenvalue weighted by Crippen LogP contribution is -2.41. The Morgan fingerprint density at radius 1 is 1.38 bits per heavy atom. The Morgan fingerprint density at radius 3 is 2.57 bits per heavy atom. The molecule has 0 spiro atoms. The van der Waals surface area contributed by atoms with Crippen LogP contribution in [-0.2, 0) is 4.74 Å². The van der Waals surface area contributed by atoms with Crippen LogP contribution >= 0.6 is 0 Å². The normalized spacial score (nSPS) is 15.6. The third-order valence-corrected chi connectivity index (χ3v) is 3.54. The molecule has 1 fully saturated rings. The Hall–Kier alpha value is -2.31. The van der Waals surface area contributed by atoms with Crippen LogP contribution in [0.25, 0.3) is 0 Å². The van der Waals surface area contributed by atoms with Crippen LogP contribution in [0.3, 0.4) is 0 Å². The molecular weight excluding hydrogens is 276 g/mol. The summed E-state index contributed by atoms with van der Waals surface area (Å²) in [6.45, 7) is 2.96. The molecule has 1 aromatic carbocycles. The number of nitro groups is 1. The molecule has 0 atom stereocenters. The van der Waals surface area contributed by atoms with Crippen LogP contribution in [-0.4, -0.2) is 42.2 Å². The summed E-state index contributed by atoms with van der Waals surface area (Å²) in [5.74, 6) is 0.650. The summed E-state index contributed by atoms with van der Waals surface area (Å²) in [5, 5.41) is 10.7. The maximum Gasteiger partial charge on any atom is 0.409 e. The monoisotopic (exact) mass is 294 g/mol. The van der Waals surface area contributed by atoms with Crippen molar-refractivity contribution in [3.05, 3.63) is 33.9 Å². The zero-order valence-corrected chi connectivity index (χ0v) is 12.1. The second-order valence-corrected chi connectivity index (χ2v) is 4.98. The SMILES string of the molecule is COC(=O)N1CCC(Oc2ccc([N+](=O)[O-])cc2C)CC1. The van der Waals surface area contributed by atoms with E-state index in [1.807, 2.05) is 0 Å². The summed E-state index contributed by atoms with van der Waals surface area (Å²) in [5.41, 5.74) is 0.792. The van der Waals surface area contributed by atoms with Crippen LogP contribution in [0, 0.1) is 17.0 Å². The molecule has 0 aromatic heterocycles. The van der Waals surface area contributed by atoms with Crippen molar-refractivity contribution in [1.82, 2.24) is 4.90 Å². The van der Waals surface area contributed by atoms with Crippen LogP contribution in [0.15, 0.2) is 18.2 Å². The highest BCUT2D eigenvalue weighted by atomic mass is 16.6. The second kappa shape index (κ2) is 6.43. The van der Waals surface area contributed by atoms with Crippen molar-refractivity contribution in [2.75, 3.05) is 20.2 Å². The molecule has 0 saturated carbocycles. The first-order chi connectivity index (χ1) is 10.0. The van der Waals surface area contributed by atoms with Crippen LogP contribution in [0.2, 0.25) is 0 Å². The zero-order valence-electron chi connectivity index (χ0n) is 12.1. The molecule has 21 heavy (non-hydrogen) atoms. The number of benzene rings is 1. The van der Waals surface area contributed by atoms with E-state index in [1.165, 1.54) is 19.2 Å². The summed E-state index contributed by atoms with van der Waals surface area (Å²) in [6.07, 6.45) is 1.11. The van der Waals surface area contributed by atoms with E-state index < -0.39 is 4.92 Å². The highest BCUT2D eigenvalue weighted by Gasteiger charge is 2.24. The number of likely N-dealkylation sites (tertiary alicyclic amines) is 1. The van der Waals surface area contributed by atoms with Gasteiger partial charge in [0.05, 0.1) is 12.0 Å². The predicted octanol–water partition coefficient (Wildman–Crippen LogP) is 2.51. The molecule has 0 unspecified atom stereocenters. The fourth-order valence-corrected chi connectivity index (χ4v) is 2.34. The van der Waals surface area contributed by atoms with Gasteiger partial charge in [-0.3, -0.25) is 10.1 Å². The number of methoxy groups -OCH3 is 1. The number of carbonyl (C=O) groups excluding carboxylic acids is 1. The van der Waals surface area contributed by atoms with Crippen molar-refractivity contribution >= 4 is 11.8 Å². The average Bonchev–Trinajstić information content (AvgIpc) is 2.49. The Morgan fingerprint density at radius 2 is 2.05 bits per heavy atom. The number of ether oxygens (including phenoxy) is 2. The highest BCUT2D eigenvalue weighted by molar-refractivity contribution is 5.67. The largest absolute Gasteiger partial charge is 0.490 e. The van der Waals surface area contributed by atoms with Gasteiger partial charge in [0.2, 0.25) is 0 Å². The minimum atomic E-state index is -0.425. The summed E-state index contributed by atoms with van der Waals surface area (Å²) in [6, 6.07) is 4.56. The molecule has 1 heterocycles. The Kier molecular flexibility index (Phi) is 4.62. The number of nitrogens with zero attached hydrogens (tertiary/aromatic N) is 2. The number of rotatable bonds is 3. The van der Waals surface area contributed by atoms with Gasteiger partial charge in [0, 0.05) is 38.1 Å². The summed E-state index contributed by atoms with van der Waals surface area (Å²) < 4.78 is 10.6. The van der Waals surface area contributed by atoms with Gasteiger partial charge in [-0.15, -0.1) is 0 Å². The lowest BCUT2D eigenvalue weighted by atomic mass is 10.1. The van der Waals surface area contributed by atoms with Crippen LogP contribution < -0.4 is 4.74 Å².